The first-order valence-corrected chi connectivity index (χ1v) is 9.51. The lowest BCUT2D eigenvalue weighted by Gasteiger charge is -2.55. The van der Waals surface area contributed by atoms with Crippen molar-refractivity contribution in [2.24, 2.45) is 35.0 Å². The Labute approximate surface area is 143 Å². The molecule has 0 saturated heterocycles. The summed E-state index contributed by atoms with van der Waals surface area (Å²) >= 11 is 5.95. The molecule has 0 bridgehead atoms. The van der Waals surface area contributed by atoms with Crippen LogP contribution in [0, 0.1) is 35.0 Å². The van der Waals surface area contributed by atoms with Gasteiger partial charge in [0, 0.05) is 23.8 Å². The van der Waals surface area contributed by atoms with Crippen molar-refractivity contribution < 1.29 is 9.59 Å². The van der Waals surface area contributed by atoms with Crippen molar-refractivity contribution in [3.8, 4) is 0 Å². The van der Waals surface area contributed by atoms with Crippen molar-refractivity contribution in [1.29, 1.82) is 0 Å². The van der Waals surface area contributed by atoms with Crippen LogP contribution in [0.1, 0.15) is 51.9 Å². The first kappa shape index (κ1) is 15.6. The van der Waals surface area contributed by atoms with Crippen molar-refractivity contribution in [1.82, 2.24) is 0 Å². The Balaban J connectivity index is 1.74. The van der Waals surface area contributed by atoms with E-state index in [1.807, 2.05) is 6.08 Å². The third-order valence-corrected chi connectivity index (χ3v) is 7.52. The van der Waals surface area contributed by atoms with Gasteiger partial charge in [-0.3, -0.25) is 9.59 Å². The van der Waals surface area contributed by atoms with Crippen LogP contribution in [0.15, 0.2) is 23.3 Å². The molecule has 0 spiro atoms. The Morgan fingerprint density at radius 3 is 2.78 bits per heavy atom. The van der Waals surface area contributed by atoms with Crippen molar-refractivity contribution in [3.63, 3.8) is 0 Å². The molecule has 0 aromatic heterocycles. The maximum Gasteiger partial charge on any atom is 0.155 e. The van der Waals surface area contributed by atoms with Gasteiger partial charge in [-0.25, -0.2) is 0 Å². The molecule has 0 heterocycles. The molecule has 6 atom stereocenters. The first-order valence-electron chi connectivity index (χ1n) is 9.08. The van der Waals surface area contributed by atoms with Gasteiger partial charge in [-0.05, 0) is 67.8 Å². The van der Waals surface area contributed by atoms with Gasteiger partial charge in [-0.1, -0.05) is 30.2 Å². The summed E-state index contributed by atoms with van der Waals surface area (Å²) in [6.07, 6.45) is 10.7. The summed E-state index contributed by atoms with van der Waals surface area (Å²) in [5, 5.41) is 0. The summed E-state index contributed by atoms with van der Waals surface area (Å²) in [7, 11) is 0. The Morgan fingerprint density at radius 1 is 1.17 bits per heavy atom. The minimum atomic E-state index is -0.145. The van der Waals surface area contributed by atoms with Crippen molar-refractivity contribution in [3.05, 3.63) is 23.3 Å². The van der Waals surface area contributed by atoms with Crippen LogP contribution in [0.5, 0.6) is 0 Å². The molecular weight excluding hydrogens is 308 g/mol. The minimum Gasteiger partial charge on any atom is -0.299 e. The molecule has 3 saturated carbocycles. The molecule has 0 aromatic rings. The zero-order valence-electron chi connectivity index (χ0n) is 13.8. The van der Waals surface area contributed by atoms with Crippen molar-refractivity contribution in [2.45, 2.75) is 51.9 Å². The summed E-state index contributed by atoms with van der Waals surface area (Å²) in [5.41, 5.74) is 2.88. The maximum absolute atomic E-state index is 12.6. The van der Waals surface area contributed by atoms with Crippen LogP contribution in [0.4, 0.5) is 0 Å². The van der Waals surface area contributed by atoms with Crippen LogP contribution in [0.25, 0.3) is 0 Å². The van der Waals surface area contributed by atoms with Crippen LogP contribution in [0.2, 0.25) is 0 Å². The lowest BCUT2D eigenvalue weighted by molar-refractivity contribution is -0.133. The van der Waals surface area contributed by atoms with Gasteiger partial charge in [-0.15, -0.1) is 0 Å². The molecule has 124 valence electrons. The van der Waals surface area contributed by atoms with E-state index in [4.69, 9.17) is 11.6 Å². The van der Waals surface area contributed by atoms with E-state index < -0.39 is 0 Å². The minimum absolute atomic E-state index is 0.145. The monoisotopic (exact) mass is 332 g/mol. The van der Waals surface area contributed by atoms with E-state index in [2.05, 4.69) is 13.0 Å². The molecule has 2 nitrogen and oxygen atoms in total. The fraction of sp³-hybridized carbons (Fsp3) is 0.700. The van der Waals surface area contributed by atoms with Gasteiger partial charge in [-0.2, -0.15) is 0 Å². The van der Waals surface area contributed by atoms with Gasteiger partial charge < -0.3 is 0 Å². The SMILES string of the molecule is C[C@]12C[C@H](/C=C/Cl)[C@H]3[C@@H](CCC4=CC(=O)CC[C@@H]43)[C@@H]1CCC2=O. The van der Waals surface area contributed by atoms with Gasteiger partial charge in [0.1, 0.15) is 5.78 Å². The molecule has 4 aliphatic rings. The van der Waals surface area contributed by atoms with E-state index in [0.29, 0.717) is 47.6 Å². The number of carbonyl (C=O) groups is 2. The van der Waals surface area contributed by atoms with Crippen LogP contribution >= 0.6 is 11.6 Å². The predicted molar refractivity (Wildman–Crippen MR) is 91.0 cm³/mol. The molecule has 3 heteroatoms. The van der Waals surface area contributed by atoms with Crippen LogP contribution in [-0.2, 0) is 9.59 Å². The third-order valence-electron chi connectivity index (χ3n) is 7.38. The number of halogens is 1. The Hall–Kier alpha value is -0.890. The first-order chi connectivity index (χ1) is 11.0. The number of hydrogen-bond acceptors (Lipinski definition) is 2. The highest BCUT2D eigenvalue weighted by Gasteiger charge is 2.58. The van der Waals surface area contributed by atoms with Gasteiger partial charge in [0.2, 0.25) is 0 Å². The van der Waals surface area contributed by atoms with Crippen LogP contribution in [-0.4, -0.2) is 11.6 Å². The quantitative estimate of drug-likeness (QED) is 0.699. The van der Waals surface area contributed by atoms with Crippen molar-refractivity contribution in [2.75, 3.05) is 0 Å². The van der Waals surface area contributed by atoms with E-state index in [-0.39, 0.29) is 5.41 Å². The lowest BCUT2D eigenvalue weighted by Crippen LogP contribution is -2.50. The molecule has 4 aliphatic carbocycles. The molecular formula is C20H25ClO2. The maximum atomic E-state index is 12.6. The summed E-state index contributed by atoms with van der Waals surface area (Å²) in [6, 6.07) is 0. The zero-order chi connectivity index (χ0) is 16.2. The average molecular weight is 333 g/mol. The zero-order valence-corrected chi connectivity index (χ0v) is 14.5. The third kappa shape index (κ3) is 2.28. The molecule has 0 amide bonds. The molecule has 0 aliphatic heterocycles. The van der Waals surface area contributed by atoms with E-state index in [1.165, 1.54) is 5.57 Å². The molecule has 0 N–H and O–H groups in total. The Kier molecular flexibility index (Phi) is 3.79. The lowest BCUT2D eigenvalue weighted by atomic mass is 9.49. The van der Waals surface area contributed by atoms with Gasteiger partial charge in [0.15, 0.2) is 5.78 Å². The van der Waals surface area contributed by atoms with Crippen molar-refractivity contribution >= 4 is 23.2 Å². The molecule has 3 fully saturated rings. The highest BCUT2D eigenvalue weighted by Crippen LogP contribution is 2.62. The number of allylic oxidation sites excluding steroid dienone is 2. The largest absolute Gasteiger partial charge is 0.299 e. The second kappa shape index (κ2) is 5.58. The number of fused-ring (bicyclic) bond motifs is 5. The van der Waals surface area contributed by atoms with E-state index >= 15 is 0 Å². The molecule has 0 radical (unpaired) electrons. The molecule has 0 unspecified atom stereocenters. The molecule has 23 heavy (non-hydrogen) atoms. The van der Waals surface area contributed by atoms with Gasteiger partial charge >= 0.3 is 0 Å². The van der Waals surface area contributed by atoms with E-state index in [0.717, 1.165) is 38.5 Å². The fourth-order valence-corrected chi connectivity index (χ4v) is 6.63. The Morgan fingerprint density at radius 2 is 2.00 bits per heavy atom. The number of ketones is 2. The summed E-state index contributed by atoms with van der Waals surface area (Å²) in [5.74, 6) is 3.41. The summed E-state index contributed by atoms with van der Waals surface area (Å²) < 4.78 is 0. The predicted octanol–water partition coefficient (Wildman–Crippen LogP) is 4.68. The van der Waals surface area contributed by atoms with Crippen LogP contribution in [0.3, 0.4) is 0 Å². The number of hydrogen-bond donors (Lipinski definition) is 0. The number of rotatable bonds is 1. The summed E-state index contributed by atoms with van der Waals surface area (Å²) in [4.78, 5) is 24.4. The average Bonchev–Trinajstić information content (AvgIpc) is 2.82. The number of carbonyl (C=O) groups excluding carboxylic acids is 2. The topological polar surface area (TPSA) is 34.1 Å². The second-order valence-corrected chi connectivity index (χ2v) is 8.53. The highest BCUT2D eigenvalue weighted by molar-refractivity contribution is 6.25. The standard InChI is InChI=1S/C20H25ClO2/c1-20-11-13(8-9-21)19-15-5-3-14(22)10-12(15)2-4-16(19)17(20)6-7-18(20)23/h8-10,13,15-17,19H,2-7,11H2,1H3/b9-8+/t13-,15-,16-,17-,19+,20-/m0/s1. The second-order valence-electron chi connectivity index (χ2n) is 8.28. The fourth-order valence-electron chi connectivity index (χ4n) is 6.44. The van der Waals surface area contributed by atoms with Gasteiger partial charge in [0.25, 0.3) is 0 Å². The summed E-state index contributed by atoms with van der Waals surface area (Å²) in [6.45, 7) is 2.20. The number of Topliss-reactive ketones (excluding diaryl/α,β-unsaturated/α-hetero) is 1. The highest BCUT2D eigenvalue weighted by atomic mass is 35.5. The smallest absolute Gasteiger partial charge is 0.155 e. The van der Waals surface area contributed by atoms with Gasteiger partial charge in [0.05, 0.1) is 0 Å². The van der Waals surface area contributed by atoms with E-state index in [1.54, 1.807) is 5.54 Å². The van der Waals surface area contributed by atoms with Crippen LogP contribution < -0.4 is 0 Å². The normalized spacial score (nSPS) is 46.3. The molecule has 0 aromatic carbocycles. The molecule has 4 rings (SSSR count). The Bertz CT molecular complexity index is 605. The van der Waals surface area contributed by atoms with E-state index in [9.17, 15) is 9.59 Å².